The van der Waals surface area contributed by atoms with Gasteiger partial charge in [-0.3, -0.25) is 13.8 Å². The van der Waals surface area contributed by atoms with Gasteiger partial charge in [-0.2, -0.15) is 0 Å². The van der Waals surface area contributed by atoms with Gasteiger partial charge in [0, 0.05) is 18.0 Å². The molecule has 0 spiro atoms. The van der Waals surface area contributed by atoms with Crippen molar-refractivity contribution in [1.82, 2.24) is 24.1 Å². The first-order valence-corrected chi connectivity index (χ1v) is 7.92. The standard InChI is InChI=1S/C19H13N5O/c1-23-18(25)15-13-9-5-6-10-14(13)21-16(12-7-3-2-4-8-12)17(15)24-11-20-22-19(23)24/h2-11H,1H3. The summed E-state index contributed by atoms with van der Waals surface area (Å²) in [6.45, 7) is 0. The number of aryl methyl sites for hydroxylation is 1. The Bertz CT molecular complexity index is 1320. The largest absolute Gasteiger partial charge is 0.279 e. The van der Waals surface area contributed by atoms with E-state index >= 15 is 0 Å². The molecule has 6 heteroatoms. The smallest absolute Gasteiger partial charge is 0.263 e. The van der Waals surface area contributed by atoms with Crippen molar-refractivity contribution >= 4 is 27.6 Å². The SMILES string of the molecule is Cn1c(=O)c2c3ccccc3nc(-c3ccccc3)c2n2cnnc12. The molecule has 6 nitrogen and oxygen atoms in total. The van der Waals surface area contributed by atoms with E-state index in [-0.39, 0.29) is 5.56 Å². The maximum absolute atomic E-state index is 13.1. The average Bonchev–Trinajstić information content (AvgIpc) is 3.15. The zero-order chi connectivity index (χ0) is 17.0. The Labute approximate surface area is 142 Å². The summed E-state index contributed by atoms with van der Waals surface area (Å²) in [5.41, 5.74) is 3.11. The van der Waals surface area contributed by atoms with Crippen LogP contribution in [0.5, 0.6) is 0 Å². The van der Waals surface area contributed by atoms with E-state index in [2.05, 4.69) is 10.2 Å². The molecule has 0 saturated carbocycles. The van der Waals surface area contributed by atoms with Crippen molar-refractivity contribution in [3.8, 4) is 11.3 Å². The fourth-order valence-electron chi connectivity index (χ4n) is 3.32. The highest BCUT2D eigenvalue weighted by atomic mass is 16.1. The Morgan fingerprint density at radius 1 is 0.960 bits per heavy atom. The Balaban J connectivity index is 2.15. The molecule has 0 N–H and O–H groups in total. The van der Waals surface area contributed by atoms with Crippen LogP contribution >= 0.6 is 0 Å². The van der Waals surface area contributed by atoms with Crippen molar-refractivity contribution in [3.63, 3.8) is 0 Å². The molecule has 0 bridgehead atoms. The first-order chi connectivity index (χ1) is 12.3. The second-order valence-electron chi connectivity index (χ2n) is 5.93. The van der Waals surface area contributed by atoms with Gasteiger partial charge in [0.05, 0.1) is 22.1 Å². The summed E-state index contributed by atoms with van der Waals surface area (Å²) >= 11 is 0. The fraction of sp³-hybridized carbons (Fsp3) is 0.0526. The molecule has 0 atom stereocenters. The number of hydrogen-bond acceptors (Lipinski definition) is 4. The van der Waals surface area contributed by atoms with Gasteiger partial charge in [-0.25, -0.2) is 4.98 Å². The van der Waals surface area contributed by atoms with Gasteiger partial charge in [0.1, 0.15) is 6.33 Å². The molecule has 3 heterocycles. The van der Waals surface area contributed by atoms with Crippen LogP contribution in [-0.4, -0.2) is 24.1 Å². The quantitative estimate of drug-likeness (QED) is 0.444. The molecule has 0 aliphatic carbocycles. The summed E-state index contributed by atoms with van der Waals surface area (Å²) < 4.78 is 3.36. The lowest BCUT2D eigenvalue weighted by atomic mass is 10.0. The molecule has 0 fully saturated rings. The third kappa shape index (κ3) is 1.85. The lowest BCUT2D eigenvalue weighted by Gasteiger charge is -2.12. The summed E-state index contributed by atoms with van der Waals surface area (Å²) in [7, 11) is 1.71. The van der Waals surface area contributed by atoms with Crippen molar-refractivity contribution in [3.05, 3.63) is 71.3 Å². The number of benzene rings is 2. The highest BCUT2D eigenvalue weighted by Crippen LogP contribution is 2.30. The molecule has 0 aliphatic heterocycles. The molecular weight excluding hydrogens is 314 g/mol. The maximum atomic E-state index is 13.1. The summed E-state index contributed by atoms with van der Waals surface area (Å²) in [5.74, 6) is 0.492. The average molecular weight is 327 g/mol. The highest BCUT2D eigenvalue weighted by molar-refractivity contribution is 6.09. The second-order valence-corrected chi connectivity index (χ2v) is 5.93. The van der Waals surface area contributed by atoms with Gasteiger partial charge in [0.2, 0.25) is 5.78 Å². The van der Waals surface area contributed by atoms with E-state index in [0.29, 0.717) is 11.2 Å². The number of rotatable bonds is 1. The minimum absolute atomic E-state index is 0.105. The normalized spacial score (nSPS) is 11.6. The van der Waals surface area contributed by atoms with Crippen LogP contribution < -0.4 is 5.56 Å². The Kier molecular flexibility index (Phi) is 2.76. The lowest BCUT2D eigenvalue weighted by Crippen LogP contribution is -2.21. The molecule has 0 amide bonds. The summed E-state index contributed by atoms with van der Waals surface area (Å²) in [4.78, 5) is 17.9. The van der Waals surface area contributed by atoms with Crippen LogP contribution in [0.15, 0.2) is 65.7 Å². The zero-order valence-electron chi connectivity index (χ0n) is 13.4. The Morgan fingerprint density at radius 2 is 1.72 bits per heavy atom. The van der Waals surface area contributed by atoms with Crippen molar-refractivity contribution < 1.29 is 0 Å². The van der Waals surface area contributed by atoms with Crippen LogP contribution in [0.3, 0.4) is 0 Å². The fourth-order valence-corrected chi connectivity index (χ4v) is 3.32. The Morgan fingerprint density at radius 3 is 2.56 bits per heavy atom. The van der Waals surface area contributed by atoms with Crippen LogP contribution in [0.1, 0.15) is 0 Å². The van der Waals surface area contributed by atoms with E-state index in [1.165, 1.54) is 4.57 Å². The molecule has 0 unspecified atom stereocenters. The van der Waals surface area contributed by atoms with Gasteiger partial charge in [0.25, 0.3) is 5.56 Å². The lowest BCUT2D eigenvalue weighted by molar-refractivity contribution is 0.860. The molecule has 5 rings (SSSR count). The predicted molar refractivity (Wildman–Crippen MR) is 96.5 cm³/mol. The first kappa shape index (κ1) is 13.9. The molecule has 3 aromatic heterocycles. The van der Waals surface area contributed by atoms with E-state index in [9.17, 15) is 4.79 Å². The molecule has 0 radical (unpaired) electrons. The number of fused-ring (bicyclic) bond motifs is 5. The summed E-state index contributed by atoms with van der Waals surface area (Å²) in [6, 6.07) is 17.6. The van der Waals surface area contributed by atoms with Crippen LogP contribution in [0.2, 0.25) is 0 Å². The van der Waals surface area contributed by atoms with Gasteiger partial charge < -0.3 is 0 Å². The molecule has 0 aliphatic rings. The Hall–Kier alpha value is -3.54. The van der Waals surface area contributed by atoms with Crippen molar-refractivity contribution in [2.45, 2.75) is 0 Å². The van der Waals surface area contributed by atoms with E-state index in [0.717, 1.165) is 27.7 Å². The van der Waals surface area contributed by atoms with E-state index in [1.807, 2.05) is 59.0 Å². The molecule has 25 heavy (non-hydrogen) atoms. The first-order valence-electron chi connectivity index (χ1n) is 7.92. The van der Waals surface area contributed by atoms with E-state index in [1.54, 1.807) is 13.4 Å². The topological polar surface area (TPSA) is 65.1 Å². The minimum Gasteiger partial charge on any atom is -0.279 e. The van der Waals surface area contributed by atoms with Crippen LogP contribution in [0.25, 0.3) is 38.8 Å². The number of aromatic nitrogens is 5. The van der Waals surface area contributed by atoms with Crippen molar-refractivity contribution in [1.29, 1.82) is 0 Å². The molecule has 0 saturated heterocycles. The van der Waals surface area contributed by atoms with E-state index in [4.69, 9.17) is 4.98 Å². The zero-order valence-corrected chi connectivity index (χ0v) is 13.4. The van der Waals surface area contributed by atoms with Gasteiger partial charge in [-0.15, -0.1) is 10.2 Å². The number of nitrogens with zero attached hydrogens (tertiary/aromatic N) is 5. The molecular formula is C19H13N5O. The van der Waals surface area contributed by atoms with Crippen LogP contribution in [-0.2, 0) is 7.05 Å². The summed E-state index contributed by atoms with van der Waals surface area (Å²) in [5, 5.41) is 9.54. The second kappa shape index (κ2) is 4.98. The van der Waals surface area contributed by atoms with E-state index < -0.39 is 0 Å². The van der Waals surface area contributed by atoms with Gasteiger partial charge in [-0.1, -0.05) is 48.5 Å². The highest BCUT2D eigenvalue weighted by Gasteiger charge is 2.18. The third-order valence-corrected chi connectivity index (χ3v) is 4.50. The van der Waals surface area contributed by atoms with Crippen LogP contribution in [0.4, 0.5) is 0 Å². The molecule has 2 aromatic carbocycles. The monoisotopic (exact) mass is 327 g/mol. The predicted octanol–water partition coefficient (Wildman–Crippen LogP) is 2.80. The van der Waals surface area contributed by atoms with Crippen molar-refractivity contribution in [2.24, 2.45) is 7.05 Å². The summed E-state index contributed by atoms with van der Waals surface area (Å²) in [6.07, 6.45) is 1.62. The molecule has 120 valence electrons. The minimum atomic E-state index is -0.105. The van der Waals surface area contributed by atoms with Crippen LogP contribution in [0, 0.1) is 0 Å². The maximum Gasteiger partial charge on any atom is 0.263 e. The van der Waals surface area contributed by atoms with Gasteiger partial charge >= 0.3 is 0 Å². The van der Waals surface area contributed by atoms with Gasteiger partial charge in [0.15, 0.2) is 0 Å². The number of pyridine rings is 1. The number of para-hydroxylation sites is 1. The van der Waals surface area contributed by atoms with Crippen molar-refractivity contribution in [2.75, 3.05) is 0 Å². The van der Waals surface area contributed by atoms with Gasteiger partial charge in [-0.05, 0) is 6.07 Å². The number of hydrogen-bond donors (Lipinski definition) is 0. The third-order valence-electron chi connectivity index (χ3n) is 4.50. The molecule has 5 aromatic rings.